The molecule has 13 heavy (non-hydrogen) atoms. The predicted octanol–water partition coefficient (Wildman–Crippen LogP) is 3.79. The number of phenols is 1. The third kappa shape index (κ3) is 1.58. The van der Waals surface area contributed by atoms with Gasteiger partial charge >= 0.3 is 0 Å². The summed E-state index contributed by atoms with van der Waals surface area (Å²) in [7, 11) is 0. The molecule has 0 saturated carbocycles. The van der Waals surface area contributed by atoms with Crippen molar-refractivity contribution < 1.29 is 5.11 Å². The lowest BCUT2D eigenvalue weighted by molar-refractivity contribution is 0.478. The van der Waals surface area contributed by atoms with Crippen LogP contribution in [0.15, 0.2) is 22.4 Å². The Morgan fingerprint density at radius 2 is 2.23 bits per heavy atom. The van der Waals surface area contributed by atoms with Crippen LogP contribution in [0, 0.1) is 0 Å². The van der Waals surface area contributed by atoms with Crippen molar-refractivity contribution in [1.29, 1.82) is 0 Å². The number of halogens is 1. The van der Waals surface area contributed by atoms with Crippen molar-refractivity contribution in [2.75, 3.05) is 0 Å². The van der Waals surface area contributed by atoms with E-state index in [0.717, 1.165) is 19.9 Å². The molecule has 1 aromatic carbocycles. The number of phenolic OH excluding ortho intramolecular Hbond substituents is 1. The number of thiophene rings is 1. The molecular formula is C9H7BrOS2. The summed E-state index contributed by atoms with van der Waals surface area (Å²) in [6, 6.07) is 5.88. The molecule has 0 aliphatic carbocycles. The molecule has 68 valence electrons. The highest BCUT2D eigenvalue weighted by atomic mass is 79.9. The Labute approximate surface area is 93.9 Å². The Morgan fingerprint density at radius 3 is 2.92 bits per heavy atom. The fourth-order valence-electron chi connectivity index (χ4n) is 1.22. The van der Waals surface area contributed by atoms with Gasteiger partial charge in [0.05, 0.1) is 8.91 Å². The van der Waals surface area contributed by atoms with Gasteiger partial charge < -0.3 is 5.11 Å². The van der Waals surface area contributed by atoms with Crippen molar-refractivity contribution >= 4 is 50.0 Å². The second kappa shape index (κ2) is 3.52. The molecule has 0 fully saturated rings. The number of hydrogen-bond donors (Lipinski definition) is 2. The molecule has 4 heteroatoms. The number of benzene rings is 1. The molecule has 1 aromatic heterocycles. The summed E-state index contributed by atoms with van der Waals surface area (Å²) in [4.78, 5) is 0. The van der Waals surface area contributed by atoms with Crippen molar-refractivity contribution in [1.82, 2.24) is 0 Å². The highest BCUT2D eigenvalue weighted by Gasteiger charge is 2.07. The number of aromatic hydroxyl groups is 1. The van der Waals surface area contributed by atoms with Crippen molar-refractivity contribution in [3.05, 3.63) is 23.8 Å². The molecule has 1 N–H and O–H groups in total. The van der Waals surface area contributed by atoms with Crippen molar-refractivity contribution in [3.63, 3.8) is 0 Å². The van der Waals surface area contributed by atoms with E-state index < -0.39 is 0 Å². The highest BCUT2D eigenvalue weighted by Crippen LogP contribution is 2.37. The molecule has 0 atom stereocenters. The first-order valence-corrected chi connectivity index (χ1v) is 6.10. The molecular weight excluding hydrogens is 268 g/mol. The van der Waals surface area contributed by atoms with Gasteiger partial charge in [0.15, 0.2) is 0 Å². The third-order valence-electron chi connectivity index (χ3n) is 1.88. The SMILES string of the molecule is Oc1c(CBr)ccc2cc(S)sc12. The molecule has 0 spiro atoms. The molecule has 0 amide bonds. The second-order valence-electron chi connectivity index (χ2n) is 2.71. The zero-order valence-electron chi connectivity index (χ0n) is 6.62. The van der Waals surface area contributed by atoms with Crippen molar-refractivity contribution in [2.45, 2.75) is 9.54 Å². The topological polar surface area (TPSA) is 20.2 Å². The van der Waals surface area contributed by atoms with E-state index in [0.29, 0.717) is 11.1 Å². The largest absolute Gasteiger partial charge is 0.506 e. The van der Waals surface area contributed by atoms with Crippen LogP contribution in [0.3, 0.4) is 0 Å². The van der Waals surface area contributed by atoms with E-state index in [1.807, 2.05) is 18.2 Å². The lowest BCUT2D eigenvalue weighted by atomic mass is 10.2. The minimum Gasteiger partial charge on any atom is -0.506 e. The number of rotatable bonds is 1. The minimum atomic E-state index is 0.375. The number of alkyl halides is 1. The number of fused-ring (bicyclic) bond motifs is 1. The average molecular weight is 275 g/mol. The van der Waals surface area contributed by atoms with Crippen LogP contribution < -0.4 is 0 Å². The zero-order chi connectivity index (χ0) is 9.42. The first-order chi connectivity index (χ1) is 6.22. The van der Waals surface area contributed by atoms with Crippen LogP contribution in [0.4, 0.5) is 0 Å². The van der Waals surface area contributed by atoms with Gasteiger partial charge in [0.1, 0.15) is 5.75 Å². The normalized spacial score (nSPS) is 10.9. The Balaban J connectivity index is 2.78. The molecule has 2 rings (SSSR count). The van der Waals surface area contributed by atoms with Crippen LogP contribution in [0.2, 0.25) is 0 Å². The van der Waals surface area contributed by atoms with Gasteiger partial charge in [0, 0.05) is 10.9 Å². The lowest BCUT2D eigenvalue weighted by Gasteiger charge is -2.00. The summed E-state index contributed by atoms with van der Waals surface area (Å²) in [5.74, 6) is 0.375. The molecule has 1 heterocycles. The Morgan fingerprint density at radius 1 is 1.46 bits per heavy atom. The van der Waals surface area contributed by atoms with Crippen molar-refractivity contribution in [3.8, 4) is 5.75 Å². The summed E-state index contributed by atoms with van der Waals surface area (Å²) in [5, 5.41) is 11.5. The van der Waals surface area contributed by atoms with E-state index >= 15 is 0 Å². The molecule has 0 bridgehead atoms. The van der Waals surface area contributed by atoms with Crippen LogP contribution in [-0.4, -0.2) is 5.11 Å². The van der Waals surface area contributed by atoms with Gasteiger partial charge in [-0.1, -0.05) is 28.1 Å². The average Bonchev–Trinajstić information content (AvgIpc) is 2.47. The monoisotopic (exact) mass is 274 g/mol. The van der Waals surface area contributed by atoms with Crippen LogP contribution in [0.5, 0.6) is 5.75 Å². The van der Waals surface area contributed by atoms with E-state index in [2.05, 4.69) is 28.6 Å². The molecule has 0 aliphatic heterocycles. The summed E-state index contributed by atoms with van der Waals surface area (Å²) < 4.78 is 1.85. The van der Waals surface area contributed by atoms with E-state index in [9.17, 15) is 5.11 Å². The van der Waals surface area contributed by atoms with E-state index in [4.69, 9.17) is 0 Å². The fraction of sp³-hybridized carbons (Fsp3) is 0.111. The molecule has 0 radical (unpaired) electrons. The number of hydrogen-bond acceptors (Lipinski definition) is 3. The van der Waals surface area contributed by atoms with Gasteiger partial charge in [-0.2, -0.15) is 0 Å². The van der Waals surface area contributed by atoms with Crippen molar-refractivity contribution in [2.24, 2.45) is 0 Å². The smallest absolute Gasteiger partial charge is 0.137 e. The quantitative estimate of drug-likeness (QED) is 0.599. The van der Waals surface area contributed by atoms with Gasteiger partial charge in [0.2, 0.25) is 0 Å². The van der Waals surface area contributed by atoms with Gasteiger partial charge in [0.25, 0.3) is 0 Å². The van der Waals surface area contributed by atoms with Crippen LogP contribution >= 0.6 is 39.9 Å². The maximum atomic E-state index is 9.81. The second-order valence-corrected chi connectivity index (χ2v) is 5.11. The maximum Gasteiger partial charge on any atom is 0.137 e. The standard InChI is InChI=1S/C9H7BrOS2/c10-4-6-2-1-5-3-7(12)13-9(5)8(6)11/h1-3,11-12H,4H2. The first-order valence-electron chi connectivity index (χ1n) is 3.71. The summed E-state index contributed by atoms with van der Waals surface area (Å²) in [6.07, 6.45) is 0. The minimum absolute atomic E-state index is 0.375. The molecule has 0 aliphatic rings. The molecule has 0 unspecified atom stereocenters. The molecule has 1 nitrogen and oxygen atoms in total. The molecule has 2 aromatic rings. The Kier molecular flexibility index (Phi) is 2.53. The Hall–Kier alpha value is -0.190. The number of thiol groups is 1. The maximum absolute atomic E-state index is 9.81. The highest BCUT2D eigenvalue weighted by molar-refractivity contribution is 9.08. The van der Waals surface area contributed by atoms with Crippen LogP contribution in [0.25, 0.3) is 10.1 Å². The third-order valence-corrected chi connectivity index (χ3v) is 3.84. The molecule has 0 saturated heterocycles. The summed E-state index contributed by atoms with van der Waals surface area (Å²) >= 11 is 9.08. The predicted molar refractivity (Wildman–Crippen MR) is 63.4 cm³/mol. The van der Waals surface area contributed by atoms with Gasteiger partial charge in [-0.25, -0.2) is 0 Å². The van der Waals surface area contributed by atoms with E-state index in [-0.39, 0.29) is 0 Å². The summed E-state index contributed by atoms with van der Waals surface area (Å²) in [6.45, 7) is 0. The van der Waals surface area contributed by atoms with Crippen LogP contribution in [0.1, 0.15) is 5.56 Å². The van der Waals surface area contributed by atoms with Crippen LogP contribution in [-0.2, 0) is 5.33 Å². The van der Waals surface area contributed by atoms with E-state index in [1.165, 1.54) is 11.3 Å². The van der Waals surface area contributed by atoms with E-state index in [1.54, 1.807) is 0 Å². The first kappa shape index (κ1) is 9.37. The van der Waals surface area contributed by atoms with Gasteiger partial charge in [-0.15, -0.1) is 24.0 Å². The Bertz CT molecular complexity index is 450. The van der Waals surface area contributed by atoms with Gasteiger partial charge in [-0.05, 0) is 11.5 Å². The van der Waals surface area contributed by atoms with Gasteiger partial charge in [-0.3, -0.25) is 0 Å². The zero-order valence-corrected chi connectivity index (χ0v) is 9.92. The fourth-order valence-corrected chi connectivity index (χ4v) is 2.96. The lowest BCUT2D eigenvalue weighted by Crippen LogP contribution is -1.77. The summed E-state index contributed by atoms with van der Waals surface area (Å²) in [5.41, 5.74) is 0.919.